The smallest absolute Gasteiger partial charge is 0.191 e. The van der Waals surface area contributed by atoms with E-state index >= 15 is 0 Å². The third-order valence-corrected chi connectivity index (χ3v) is 5.10. The molecule has 1 heterocycles. The first-order valence-corrected chi connectivity index (χ1v) is 10.7. The van der Waals surface area contributed by atoms with Crippen molar-refractivity contribution in [3.8, 4) is 0 Å². The van der Waals surface area contributed by atoms with E-state index in [-0.39, 0.29) is 0 Å². The minimum absolute atomic E-state index is 0.391. The Bertz CT molecular complexity index is 394. The Morgan fingerprint density at radius 2 is 1.65 bits per heavy atom. The van der Waals surface area contributed by atoms with Crippen molar-refractivity contribution in [1.82, 2.24) is 20.4 Å². The lowest BCUT2D eigenvalue weighted by atomic mass is 9.89. The Morgan fingerprint density at radius 3 is 2.19 bits per heavy atom. The van der Waals surface area contributed by atoms with Crippen LogP contribution in [0.3, 0.4) is 0 Å². The van der Waals surface area contributed by atoms with Gasteiger partial charge in [-0.15, -0.1) is 0 Å². The van der Waals surface area contributed by atoms with Crippen LogP contribution in [0.15, 0.2) is 4.99 Å². The van der Waals surface area contributed by atoms with Crippen molar-refractivity contribution >= 4 is 5.96 Å². The lowest BCUT2D eigenvalue weighted by Gasteiger charge is -2.35. The van der Waals surface area contributed by atoms with Crippen LogP contribution >= 0.6 is 0 Å². The maximum absolute atomic E-state index is 4.85. The highest BCUT2D eigenvalue weighted by atomic mass is 15.3. The summed E-state index contributed by atoms with van der Waals surface area (Å²) in [7, 11) is 0. The number of hydrogen-bond acceptors (Lipinski definition) is 3. The molecule has 0 bridgehead atoms. The van der Waals surface area contributed by atoms with Crippen LogP contribution in [0.4, 0.5) is 0 Å². The summed E-state index contributed by atoms with van der Waals surface area (Å²) in [5.74, 6) is 1.56. The van der Waals surface area contributed by atoms with Gasteiger partial charge in [0.05, 0.1) is 0 Å². The predicted octanol–water partition coefficient (Wildman–Crippen LogP) is 3.03. The van der Waals surface area contributed by atoms with Gasteiger partial charge >= 0.3 is 0 Å². The number of nitrogens with zero attached hydrogens (tertiary/aromatic N) is 3. The summed E-state index contributed by atoms with van der Waals surface area (Å²) in [5.41, 5.74) is 0.391. The summed E-state index contributed by atoms with van der Waals surface area (Å²) in [5, 5.41) is 6.98. The van der Waals surface area contributed by atoms with Crippen molar-refractivity contribution in [2.45, 2.75) is 67.3 Å². The molecule has 5 heteroatoms. The first-order valence-electron chi connectivity index (χ1n) is 10.7. The Hall–Kier alpha value is -0.810. The summed E-state index contributed by atoms with van der Waals surface area (Å²) in [6.07, 6.45) is 2.39. The van der Waals surface area contributed by atoms with Gasteiger partial charge in [-0.1, -0.05) is 34.6 Å². The van der Waals surface area contributed by atoms with Gasteiger partial charge in [0.15, 0.2) is 5.96 Å². The van der Waals surface area contributed by atoms with E-state index in [0.717, 1.165) is 25.6 Å². The molecule has 2 unspecified atom stereocenters. The van der Waals surface area contributed by atoms with Gasteiger partial charge in [0.1, 0.15) is 0 Å². The Balaban J connectivity index is 2.39. The number of hydrogen-bond donors (Lipinski definition) is 2. The normalized spacial score (nSPS) is 20.0. The molecule has 0 aromatic carbocycles. The van der Waals surface area contributed by atoms with Crippen molar-refractivity contribution in [2.75, 3.05) is 52.4 Å². The third-order valence-electron chi connectivity index (χ3n) is 5.10. The van der Waals surface area contributed by atoms with E-state index in [0.29, 0.717) is 17.4 Å². The summed E-state index contributed by atoms with van der Waals surface area (Å²) in [6, 6.07) is 0.449. The first kappa shape index (κ1) is 23.2. The van der Waals surface area contributed by atoms with Gasteiger partial charge in [-0.3, -0.25) is 4.99 Å². The largest absolute Gasteiger partial charge is 0.357 e. The molecule has 154 valence electrons. The second kappa shape index (κ2) is 11.8. The second-order valence-electron chi connectivity index (χ2n) is 9.20. The maximum Gasteiger partial charge on any atom is 0.191 e. The number of rotatable bonds is 9. The zero-order valence-electron chi connectivity index (χ0n) is 18.6. The van der Waals surface area contributed by atoms with E-state index in [1.165, 1.54) is 45.6 Å². The summed E-state index contributed by atoms with van der Waals surface area (Å²) in [4.78, 5) is 9.98. The molecule has 5 nitrogen and oxygen atoms in total. The zero-order chi connectivity index (χ0) is 19.6. The fraction of sp³-hybridized carbons (Fsp3) is 0.952. The zero-order valence-corrected chi connectivity index (χ0v) is 18.6. The van der Waals surface area contributed by atoms with Gasteiger partial charge in [0.2, 0.25) is 0 Å². The molecule has 0 aromatic heterocycles. The van der Waals surface area contributed by atoms with Gasteiger partial charge in [0.25, 0.3) is 0 Å². The summed E-state index contributed by atoms with van der Waals surface area (Å²) >= 11 is 0. The molecule has 0 aromatic rings. The standard InChI is InChI=1S/C21H45N5/c1-8-22-20(24-19(4)10-11-21(5,6)7)23-16-18(3)17-26-14-12-25(9-2)13-15-26/h18-19H,8-17H2,1-7H3,(H2,22,23,24). The lowest BCUT2D eigenvalue weighted by Crippen LogP contribution is -2.47. The Morgan fingerprint density at radius 1 is 1.04 bits per heavy atom. The highest BCUT2D eigenvalue weighted by molar-refractivity contribution is 5.80. The number of likely N-dealkylation sites (N-methyl/N-ethyl adjacent to an activating group) is 1. The van der Waals surface area contributed by atoms with E-state index < -0.39 is 0 Å². The fourth-order valence-corrected chi connectivity index (χ4v) is 3.31. The number of piperazine rings is 1. The molecule has 1 saturated heterocycles. The van der Waals surface area contributed by atoms with Gasteiger partial charge in [-0.2, -0.15) is 0 Å². The molecule has 0 aliphatic carbocycles. The molecule has 26 heavy (non-hydrogen) atoms. The highest BCUT2D eigenvalue weighted by Gasteiger charge is 2.17. The van der Waals surface area contributed by atoms with Crippen LogP contribution in [0.5, 0.6) is 0 Å². The minimum Gasteiger partial charge on any atom is -0.357 e. The maximum atomic E-state index is 4.85. The molecule has 0 spiro atoms. The van der Waals surface area contributed by atoms with Gasteiger partial charge < -0.3 is 20.4 Å². The van der Waals surface area contributed by atoms with Crippen LogP contribution in [0.2, 0.25) is 0 Å². The van der Waals surface area contributed by atoms with Gasteiger partial charge in [-0.05, 0) is 44.6 Å². The van der Waals surface area contributed by atoms with E-state index in [4.69, 9.17) is 4.99 Å². The quantitative estimate of drug-likeness (QED) is 0.486. The van der Waals surface area contributed by atoms with Crippen LogP contribution < -0.4 is 10.6 Å². The van der Waals surface area contributed by atoms with Crippen LogP contribution in [-0.2, 0) is 0 Å². The van der Waals surface area contributed by atoms with Crippen molar-refractivity contribution in [1.29, 1.82) is 0 Å². The third kappa shape index (κ3) is 10.4. The monoisotopic (exact) mass is 367 g/mol. The molecule has 0 amide bonds. The predicted molar refractivity (Wildman–Crippen MR) is 115 cm³/mol. The lowest BCUT2D eigenvalue weighted by molar-refractivity contribution is 0.125. The molecule has 2 atom stereocenters. The molecule has 1 rings (SSSR count). The number of guanidine groups is 1. The Kier molecular flexibility index (Phi) is 10.6. The molecular formula is C21H45N5. The molecule has 2 N–H and O–H groups in total. The average molecular weight is 368 g/mol. The SMILES string of the molecule is CCNC(=NCC(C)CN1CCN(CC)CC1)NC(C)CCC(C)(C)C. The van der Waals surface area contributed by atoms with Crippen LogP contribution in [-0.4, -0.2) is 74.2 Å². The van der Waals surface area contributed by atoms with Crippen molar-refractivity contribution in [3.63, 3.8) is 0 Å². The topological polar surface area (TPSA) is 42.9 Å². The van der Waals surface area contributed by atoms with Crippen LogP contribution in [0, 0.1) is 11.3 Å². The van der Waals surface area contributed by atoms with Gasteiger partial charge in [0, 0.05) is 51.9 Å². The minimum atomic E-state index is 0.391. The summed E-state index contributed by atoms with van der Waals surface area (Å²) in [6.45, 7) is 24.8. The van der Waals surface area contributed by atoms with E-state index in [1.807, 2.05) is 0 Å². The molecule has 1 aliphatic rings. The molecule has 0 saturated carbocycles. The van der Waals surface area contributed by atoms with Gasteiger partial charge in [-0.25, -0.2) is 0 Å². The van der Waals surface area contributed by atoms with Crippen LogP contribution in [0.1, 0.15) is 61.3 Å². The fourth-order valence-electron chi connectivity index (χ4n) is 3.31. The van der Waals surface area contributed by atoms with E-state index in [1.54, 1.807) is 0 Å². The van der Waals surface area contributed by atoms with Crippen LogP contribution in [0.25, 0.3) is 0 Å². The molecule has 1 fully saturated rings. The summed E-state index contributed by atoms with van der Waals surface area (Å²) < 4.78 is 0. The number of aliphatic imine (C=N–C) groups is 1. The van der Waals surface area contributed by atoms with Crippen molar-refractivity contribution in [3.05, 3.63) is 0 Å². The molecule has 0 radical (unpaired) electrons. The van der Waals surface area contributed by atoms with E-state index in [2.05, 4.69) is 68.9 Å². The highest BCUT2D eigenvalue weighted by Crippen LogP contribution is 2.21. The first-order chi connectivity index (χ1) is 12.2. The van der Waals surface area contributed by atoms with E-state index in [9.17, 15) is 0 Å². The second-order valence-corrected chi connectivity index (χ2v) is 9.20. The number of nitrogens with one attached hydrogen (secondary N) is 2. The Labute approximate surface area is 163 Å². The van der Waals surface area contributed by atoms with Crippen molar-refractivity contribution < 1.29 is 0 Å². The molecule has 1 aliphatic heterocycles. The molecular weight excluding hydrogens is 322 g/mol. The van der Waals surface area contributed by atoms with Crippen molar-refractivity contribution in [2.24, 2.45) is 16.3 Å². The average Bonchev–Trinajstić information content (AvgIpc) is 2.58.